The Kier molecular flexibility index (Phi) is 5.33. The monoisotopic (exact) mass is 283 g/mol. The highest BCUT2D eigenvalue weighted by Crippen LogP contribution is 2.27. The maximum absolute atomic E-state index is 5.88. The summed E-state index contributed by atoms with van der Waals surface area (Å²) in [5.74, 6) is 0. The average Bonchev–Trinajstić information content (AvgIpc) is 2.89. The number of ether oxygens (including phenoxy) is 1. The highest BCUT2D eigenvalue weighted by Gasteiger charge is 2.26. The topological polar surface area (TPSA) is 37.4 Å². The Morgan fingerprint density at radius 2 is 2.32 bits per heavy atom. The second kappa shape index (κ2) is 6.79. The largest absolute Gasteiger partial charge is 0.368 e. The molecule has 0 amide bonds. The van der Waals surface area contributed by atoms with E-state index in [2.05, 4.69) is 43.3 Å². The van der Waals surface area contributed by atoms with Gasteiger partial charge in [0.15, 0.2) is 0 Å². The van der Waals surface area contributed by atoms with Crippen molar-refractivity contribution in [3.8, 4) is 0 Å². The van der Waals surface area contributed by atoms with Crippen LogP contribution >= 0.6 is 11.3 Å². The Morgan fingerprint density at radius 3 is 3.00 bits per heavy atom. The number of rotatable bonds is 5. The van der Waals surface area contributed by atoms with E-state index in [4.69, 9.17) is 9.72 Å². The van der Waals surface area contributed by atoms with Crippen LogP contribution in [-0.2, 0) is 4.74 Å². The van der Waals surface area contributed by atoms with E-state index >= 15 is 0 Å². The van der Waals surface area contributed by atoms with Gasteiger partial charge in [0.05, 0.1) is 12.3 Å². The first-order valence-electron chi connectivity index (χ1n) is 7.16. The van der Waals surface area contributed by atoms with Crippen molar-refractivity contribution >= 4 is 11.3 Å². The van der Waals surface area contributed by atoms with Gasteiger partial charge in [0, 0.05) is 30.6 Å². The third kappa shape index (κ3) is 3.75. The molecule has 19 heavy (non-hydrogen) atoms. The second-order valence-electron chi connectivity index (χ2n) is 5.34. The SMILES string of the molecule is CCNC(C)c1csc(C2CN(C(C)C)CCO2)n1. The van der Waals surface area contributed by atoms with E-state index in [0.29, 0.717) is 12.1 Å². The molecule has 1 aromatic rings. The normalized spacial score (nSPS) is 22.9. The smallest absolute Gasteiger partial charge is 0.123 e. The molecule has 2 heterocycles. The van der Waals surface area contributed by atoms with E-state index < -0.39 is 0 Å². The molecule has 5 heteroatoms. The predicted octanol–water partition coefficient (Wildman–Crippen LogP) is 2.60. The van der Waals surface area contributed by atoms with Crippen molar-refractivity contribution in [3.05, 3.63) is 16.1 Å². The molecular formula is C14H25N3OS. The molecule has 1 aromatic heterocycles. The van der Waals surface area contributed by atoms with Crippen LogP contribution in [0.3, 0.4) is 0 Å². The van der Waals surface area contributed by atoms with Crippen molar-refractivity contribution in [3.63, 3.8) is 0 Å². The standard InChI is InChI=1S/C14H25N3OS/c1-5-15-11(4)12-9-19-14(16-12)13-8-17(10(2)3)6-7-18-13/h9-11,13,15H,5-8H2,1-4H3. The van der Waals surface area contributed by atoms with Gasteiger partial charge in [-0.1, -0.05) is 6.92 Å². The van der Waals surface area contributed by atoms with Gasteiger partial charge in [0.1, 0.15) is 11.1 Å². The van der Waals surface area contributed by atoms with Crippen LogP contribution in [0.4, 0.5) is 0 Å². The summed E-state index contributed by atoms with van der Waals surface area (Å²) in [7, 11) is 0. The predicted molar refractivity (Wildman–Crippen MR) is 79.6 cm³/mol. The molecule has 1 saturated heterocycles. The summed E-state index contributed by atoms with van der Waals surface area (Å²) in [4.78, 5) is 7.21. The van der Waals surface area contributed by atoms with Gasteiger partial charge in [-0.25, -0.2) is 4.98 Å². The third-order valence-corrected chi connectivity index (χ3v) is 4.55. The minimum absolute atomic E-state index is 0.142. The van der Waals surface area contributed by atoms with E-state index in [9.17, 15) is 0 Å². The van der Waals surface area contributed by atoms with Crippen LogP contribution < -0.4 is 5.32 Å². The average molecular weight is 283 g/mol. The number of thiazole rings is 1. The van der Waals surface area contributed by atoms with E-state index in [-0.39, 0.29) is 6.10 Å². The van der Waals surface area contributed by atoms with Crippen molar-refractivity contribution < 1.29 is 4.74 Å². The first-order valence-corrected chi connectivity index (χ1v) is 8.04. The van der Waals surface area contributed by atoms with Crippen LogP contribution in [0.25, 0.3) is 0 Å². The van der Waals surface area contributed by atoms with E-state index in [1.165, 1.54) is 0 Å². The van der Waals surface area contributed by atoms with Crippen molar-refractivity contribution in [2.45, 2.75) is 45.9 Å². The maximum atomic E-state index is 5.88. The van der Waals surface area contributed by atoms with Crippen molar-refractivity contribution in [2.75, 3.05) is 26.2 Å². The Hall–Kier alpha value is -0.490. The molecule has 0 saturated carbocycles. The molecule has 4 nitrogen and oxygen atoms in total. The second-order valence-corrected chi connectivity index (χ2v) is 6.23. The minimum Gasteiger partial charge on any atom is -0.368 e. The van der Waals surface area contributed by atoms with Crippen molar-refractivity contribution in [1.82, 2.24) is 15.2 Å². The summed E-state index contributed by atoms with van der Waals surface area (Å²) in [5, 5.41) is 6.67. The molecule has 1 aliphatic heterocycles. The van der Waals surface area contributed by atoms with Crippen LogP contribution in [0.1, 0.15) is 50.5 Å². The number of aromatic nitrogens is 1. The minimum atomic E-state index is 0.142. The van der Waals surface area contributed by atoms with Crippen molar-refractivity contribution in [2.24, 2.45) is 0 Å². The Morgan fingerprint density at radius 1 is 1.53 bits per heavy atom. The zero-order valence-corrected chi connectivity index (χ0v) is 13.2. The van der Waals surface area contributed by atoms with Crippen LogP contribution in [0.5, 0.6) is 0 Å². The van der Waals surface area contributed by atoms with Crippen LogP contribution in [-0.4, -0.2) is 42.2 Å². The van der Waals surface area contributed by atoms with Gasteiger partial charge in [0.25, 0.3) is 0 Å². The number of hydrogen-bond donors (Lipinski definition) is 1. The van der Waals surface area contributed by atoms with Gasteiger partial charge in [-0.3, -0.25) is 4.90 Å². The lowest BCUT2D eigenvalue weighted by molar-refractivity contribution is -0.0403. The molecule has 2 unspecified atom stereocenters. The van der Waals surface area contributed by atoms with Gasteiger partial charge >= 0.3 is 0 Å². The van der Waals surface area contributed by atoms with Gasteiger partial charge < -0.3 is 10.1 Å². The summed E-state index contributed by atoms with van der Waals surface area (Å²) in [6.45, 7) is 12.5. The van der Waals surface area contributed by atoms with Crippen molar-refractivity contribution in [1.29, 1.82) is 0 Å². The fraction of sp³-hybridized carbons (Fsp3) is 0.786. The first kappa shape index (κ1) is 14.9. The van der Waals surface area contributed by atoms with Gasteiger partial charge in [0.2, 0.25) is 0 Å². The van der Waals surface area contributed by atoms with Gasteiger partial charge in [-0.2, -0.15) is 0 Å². The molecule has 2 rings (SSSR count). The maximum Gasteiger partial charge on any atom is 0.123 e. The molecule has 1 aliphatic rings. The zero-order valence-electron chi connectivity index (χ0n) is 12.3. The summed E-state index contributed by atoms with van der Waals surface area (Å²) in [5.41, 5.74) is 1.13. The molecule has 2 atom stereocenters. The lowest BCUT2D eigenvalue weighted by Gasteiger charge is -2.34. The van der Waals surface area contributed by atoms with Gasteiger partial charge in [-0.15, -0.1) is 11.3 Å². The summed E-state index contributed by atoms with van der Waals surface area (Å²) in [6, 6.07) is 0.895. The Labute approximate surface area is 120 Å². The molecule has 0 radical (unpaired) electrons. The molecule has 0 spiro atoms. The molecular weight excluding hydrogens is 258 g/mol. The molecule has 0 bridgehead atoms. The molecule has 1 fully saturated rings. The highest BCUT2D eigenvalue weighted by molar-refractivity contribution is 7.09. The zero-order chi connectivity index (χ0) is 13.8. The Bertz CT molecular complexity index is 394. The molecule has 0 aromatic carbocycles. The lowest BCUT2D eigenvalue weighted by Crippen LogP contribution is -2.42. The van der Waals surface area contributed by atoms with Crippen LogP contribution in [0.2, 0.25) is 0 Å². The number of hydrogen-bond acceptors (Lipinski definition) is 5. The molecule has 1 N–H and O–H groups in total. The number of morpholine rings is 1. The lowest BCUT2D eigenvalue weighted by atomic mass is 10.2. The van der Waals surface area contributed by atoms with E-state index in [1.807, 2.05) is 0 Å². The summed E-state index contributed by atoms with van der Waals surface area (Å²) < 4.78 is 5.88. The van der Waals surface area contributed by atoms with Crippen LogP contribution in [0.15, 0.2) is 5.38 Å². The fourth-order valence-electron chi connectivity index (χ4n) is 2.35. The van der Waals surface area contributed by atoms with E-state index in [0.717, 1.165) is 36.9 Å². The molecule has 0 aliphatic carbocycles. The van der Waals surface area contributed by atoms with Crippen LogP contribution in [0, 0.1) is 0 Å². The number of nitrogens with zero attached hydrogens (tertiary/aromatic N) is 2. The Balaban J connectivity index is 2.01. The van der Waals surface area contributed by atoms with E-state index in [1.54, 1.807) is 11.3 Å². The first-order chi connectivity index (χ1) is 9.11. The summed E-state index contributed by atoms with van der Waals surface area (Å²) in [6.07, 6.45) is 0.142. The summed E-state index contributed by atoms with van der Waals surface area (Å²) >= 11 is 1.72. The molecule has 108 valence electrons. The van der Waals surface area contributed by atoms with Gasteiger partial charge in [-0.05, 0) is 27.3 Å². The highest BCUT2D eigenvalue weighted by atomic mass is 32.1. The quantitative estimate of drug-likeness (QED) is 0.901. The third-order valence-electron chi connectivity index (χ3n) is 3.60. The number of nitrogens with one attached hydrogen (secondary N) is 1. The fourth-order valence-corrected chi connectivity index (χ4v) is 3.30.